The van der Waals surface area contributed by atoms with Gasteiger partial charge >= 0.3 is 5.97 Å². The minimum absolute atomic E-state index is 0.197. The minimum atomic E-state index is -0.603. The molecule has 0 N–H and O–H groups in total. The first-order chi connectivity index (χ1) is 15.4. The van der Waals surface area contributed by atoms with Gasteiger partial charge in [-0.3, -0.25) is 9.36 Å². The Labute approximate surface area is 198 Å². The van der Waals surface area contributed by atoms with E-state index >= 15 is 0 Å². The van der Waals surface area contributed by atoms with Crippen LogP contribution in [0.4, 0.5) is 0 Å². The number of rotatable bonds is 5. The van der Waals surface area contributed by atoms with Crippen LogP contribution in [0.25, 0.3) is 6.08 Å². The molecule has 0 saturated heterocycles. The average Bonchev–Trinajstić information content (AvgIpc) is 3.09. The van der Waals surface area contributed by atoms with Gasteiger partial charge in [-0.25, -0.2) is 9.79 Å². The molecule has 1 atom stereocenters. The van der Waals surface area contributed by atoms with Crippen LogP contribution in [-0.4, -0.2) is 23.4 Å². The topological polar surface area (TPSA) is 60.7 Å². The molecule has 32 heavy (non-hydrogen) atoms. The number of esters is 1. The van der Waals surface area contributed by atoms with Gasteiger partial charge in [-0.05, 0) is 61.6 Å². The van der Waals surface area contributed by atoms with E-state index in [0.717, 1.165) is 16.0 Å². The fourth-order valence-electron chi connectivity index (χ4n) is 3.60. The second kappa shape index (κ2) is 9.48. The zero-order valence-electron chi connectivity index (χ0n) is 17.8. The molecular weight excluding hydrogens is 464 g/mol. The predicted molar refractivity (Wildman–Crippen MR) is 130 cm³/mol. The highest BCUT2D eigenvalue weighted by molar-refractivity contribution is 7.98. The summed E-state index contributed by atoms with van der Waals surface area (Å²) in [5.41, 5.74) is 2.44. The van der Waals surface area contributed by atoms with Crippen molar-refractivity contribution in [3.05, 3.63) is 95.6 Å². The Balaban J connectivity index is 1.93. The van der Waals surface area contributed by atoms with Crippen LogP contribution >= 0.6 is 34.7 Å². The van der Waals surface area contributed by atoms with E-state index in [-0.39, 0.29) is 12.2 Å². The Bertz CT molecular complexity index is 1370. The SMILES string of the molecule is CCOC(=O)C1=C(C)N=c2s/c(=C\c3ccc(Cl)cc3)c(=O)n2[C@@H]1c1ccc(SC)cc1. The van der Waals surface area contributed by atoms with Gasteiger partial charge in [0, 0.05) is 9.92 Å². The third-order valence-electron chi connectivity index (χ3n) is 5.12. The number of fused-ring (bicyclic) bond motifs is 1. The largest absolute Gasteiger partial charge is 0.463 e. The van der Waals surface area contributed by atoms with Gasteiger partial charge in [0.25, 0.3) is 5.56 Å². The van der Waals surface area contributed by atoms with E-state index in [2.05, 4.69) is 4.99 Å². The molecule has 0 spiro atoms. The van der Waals surface area contributed by atoms with Gasteiger partial charge in [-0.15, -0.1) is 11.8 Å². The van der Waals surface area contributed by atoms with Gasteiger partial charge in [0.05, 0.1) is 28.5 Å². The van der Waals surface area contributed by atoms with Crippen LogP contribution in [0.3, 0.4) is 0 Å². The number of halogens is 1. The standard InChI is InChI=1S/C24H21ClN2O3S2/c1-4-30-23(29)20-14(2)26-24-27(21(20)16-7-11-18(31-3)12-8-16)22(28)19(32-24)13-15-5-9-17(25)10-6-15/h5-13,21H,4H2,1-3H3/b19-13-/t21-/m1/s1. The molecular formula is C24H21ClN2O3S2. The molecule has 4 rings (SSSR count). The van der Waals surface area contributed by atoms with Crippen molar-refractivity contribution in [3.63, 3.8) is 0 Å². The smallest absolute Gasteiger partial charge is 0.338 e. The Morgan fingerprint density at radius 3 is 2.53 bits per heavy atom. The van der Waals surface area contributed by atoms with Gasteiger partial charge < -0.3 is 4.74 Å². The molecule has 3 aromatic rings. The third kappa shape index (κ3) is 4.33. The van der Waals surface area contributed by atoms with Crippen molar-refractivity contribution in [1.29, 1.82) is 0 Å². The summed E-state index contributed by atoms with van der Waals surface area (Å²) in [5.74, 6) is -0.459. The summed E-state index contributed by atoms with van der Waals surface area (Å²) in [6, 6.07) is 14.5. The molecule has 0 unspecified atom stereocenters. The Morgan fingerprint density at radius 1 is 1.22 bits per heavy atom. The Morgan fingerprint density at radius 2 is 1.91 bits per heavy atom. The fourth-order valence-corrected chi connectivity index (χ4v) is 5.18. The van der Waals surface area contributed by atoms with Crippen LogP contribution in [0, 0.1) is 0 Å². The summed E-state index contributed by atoms with van der Waals surface area (Å²) >= 11 is 8.92. The summed E-state index contributed by atoms with van der Waals surface area (Å²) in [5, 5.41) is 0.631. The molecule has 2 heterocycles. The third-order valence-corrected chi connectivity index (χ3v) is 7.09. The number of hydrogen-bond acceptors (Lipinski definition) is 6. The molecule has 1 aromatic heterocycles. The lowest BCUT2D eigenvalue weighted by Crippen LogP contribution is -2.39. The first-order valence-electron chi connectivity index (χ1n) is 10.0. The van der Waals surface area contributed by atoms with Gasteiger partial charge in [-0.2, -0.15) is 0 Å². The van der Waals surface area contributed by atoms with E-state index in [4.69, 9.17) is 16.3 Å². The number of hydrogen-bond donors (Lipinski definition) is 0. The molecule has 2 aromatic carbocycles. The highest BCUT2D eigenvalue weighted by Gasteiger charge is 2.33. The molecule has 1 aliphatic heterocycles. The molecule has 0 bridgehead atoms. The summed E-state index contributed by atoms with van der Waals surface area (Å²) in [4.78, 5) is 32.6. The molecule has 0 amide bonds. The first kappa shape index (κ1) is 22.6. The van der Waals surface area contributed by atoms with E-state index in [1.807, 2.05) is 48.7 Å². The quantitative estimate of drug-likeness (QED) is 0.403. The molecule has 0 saturated carbocycles. The maximum absolute atomic E-state index is 13.5. The number of aromatic nitrogens is 1. The number of carbonyl (C=O) groups excluding carboxylic acids is 1. The molecule has 8 heteroatoms. The van der Waals surface area contributed by atoms with Gasteiger partial charge in [0.2, 0.25) is 0 Å². The number of thioether (sulfide) groups is 1. The molecule has 1 aliphatic rings. The van der Waals surface area contributed by atoms with E-state index in [1.54, 1.807) is 42.3 Å². The van der Waals surface area contributed by atoms with Crippen molar-refractivity contribution in [3.8, 4) is 0 Å². The van der Waals surface area contributed by atoms with E-state index in [9.17, 15) is 9.59 Å². The van der Waals surface area contributed by atoms with Crippen molar-refractivity contribution in [2.75, 3.05) is 12.9 Å². The van der Waals surface area contributed by atoms with Gasteiger partial charge in [0.1, 0.15) is 0 Å². The van der Waals surface area contributed by atoms with Crippen LogP contribution in [0.15, 0.2) is 74.5 Å². The first-order valence-corrected chi connectivity index (χ1v) is 12.4. The number of thiazole rings is 1. The molecule has 5 nitrogen and oxygen atoms in total. The van der Waals surface area contributed by atoms with Crippen LogP contribution in [0.5, 0.6) is 0 Å². The maximum atomic E-state index is 13.5. The fraction of sp³-hybridized carbons (Fsp3) is 0.208. The van der Waals surface area contributed by atoms with Crippen LogP contribution in [-0.2, 0) is 9.53 Å². The molecule has 0 radical (unpaired) electrons. The van der Waals surface area contributed by atoms with Crippen LogP contribution < -0.4 is 14.9 Å². The average molecular weight is 485 g/mol. The monoisotopic (exact) mass is 484 g/mol. The van der Waals surface area contributed by atoms with Crippen molar-refractivity contribution >= 4 is 46.7 Å². The van der Waals surface area contributed by atoms with Gasteiger partial charge in [0.15, 0.2) is 4.80 Å². The van der Waals surface area contributed by atoms with E-state index in [1.165, 1.54) is 11.3 Å². The summed E-state index contributed by atoms with van der Waals surface area (Å²) in [6.45, 7) is 3.79. The molecule has 0 aliphatic carbocycles. The van der Waals surface area contributed by atoms with Crippen molar-refractivity contribution in [2.24, 2.45) is 4.99 Å². The zero-order valence-corrected chi connectivity index (χ0v) is 20.2. The van der Waals surface area contributed by atoms with Crippen molar-refractivity contribution in [1.82, 2.24) is 4.57 Å². The molecule has 0 fully saturated rings. The Kier molecular flexibility index (Phi) is 6.69. The Hall–Kier alpha value is -2.61. The van der Waals surface area contributed by atoms with Crippen molar-refractivity contribution in [2.45, 2.75) is 24.8 Å². The number of allylic oxidation sites excluding steroid dienone is 1. The van der Waals surface area contributed by atoms with Gasteiger partial charge in [-0.1, -0.05) is 47.2 Å². The lowest BCUT2D eigenvalue weighted by atomic mass is 9.96. The zero-order chi connectivity index (χ0) is 22.8. The number of benzene rings is 2. The van der Waals surface area contributed by atoms with Crippen LogP contribution in [0.2, 0.25) is 5.02 Å². The highest BCUT2D eigenvalue weighted by Crippen LogP contribution is 2.31. The summed E-state index contributed by atoms with van der Waals surface area (Å²) in [7, 11) is 0. The minimum Gasteiger partial charge on any atom is -0.463 e. The predicted octanol–water partition coefficient (Wildman–Crippen LogP) is 4.17. The van der Waals surface area contributed by atoms with Crippen LogP contribution in [0.1, 0.15) is 31.0 Å². The number of ether oxygens (including phenoxy) is 1. The van der Waals surface area contributed by atoms with E-state index in [0.29, 0.717) is 25.6 Å². The highest BCUT2D eigenvalue weighted by atomic mass is 35.5. The lowest BCUT2D eigenvalue weighted by molar-refractivity contribution is -0.139. The normalized spacial score (nSPS) is 16.0. The van der Waals surface area contributed by atoms with E-state index < -0.39 is 12.0 Å². The number of nitrogens with zero attached hydrogens (tertiary/aromatic N) is 2. The second-order valence-corrected chi connectivity index (χ2v) is 9.45. The number of carbonyl (C=O) groups is 1. The molecule has 164 valence electrons. The van der Waals surface area contributed by atoms with Crippen molar-refractivity contribution < 1.29 is 9.53 Å². The summed E-state index contributed by atoms with van der Waals surface area (Å²) < 4.78 is 7.46. The lowest BCUT2D eigenvalue weighted by Gasteiger charge is -2.24. The second-order valence-electron chi connectivity index (χ2n) is 7.13. The summed E-state index contributed by atoms with van der Waals surface area (Å²) in [6.07, 6.45) is 3.82. The maximum Gasteiger partial charge on any atom is 0.338 e.